The van der Waals surface area contributed by atoms with Crippen LogP contribution in [0.15, 0.2) is 18.2 Å². The van der Waals surface area contributed by atoms with Gasteiger partial charge in [0, 0.05) is 6.04 Å². The van der Waals surface area contributed by atoms with Crippen LogP contribution in [0.25, 0.3) is 0 Å². The van der Waals surface area contributed by atoms with Crippen molar-refractivity contribution in [2.24, 2.45) is 0 Å². The molecular weight excluding hydrogens is 186 g/mol. The van der Waals surface area contributed by atoms with Gasteiger partial charge in [0.25, 0.3) is 0 Å². The molecule has 1 rings (SSSR count). The summed E-state index contributed by atoms with van der Waals surface area (Å²) in [6.45, 7) is 7.45. The second-order valence-electron chi connectivity index (χ2n) is 3.98. The van der Waals surface area contributed by atoms with Crippen LogP contribution in [0.1, 0.15) is 25.0 Å². The Bertz CT molecular complexity index is 309. The Morgan fingerprint density at radius 1 is 1.40 bits per heavy atom. The fraction of sp³-hybridized carbons (Fsp3) is 0.538. The molecule has 2 heteroatoms. The molecule has 0 spiro atoms. The van der Waals surface area contributed by atoms with E-state index in [-0.39, 0.29) is 0 Å². The molecule has 1 unspecified atom stereocenters. The van der Waals surface area contributed by atoms with Crippen LogP contribution in [0.3, 0.4) is 0 Å². The molecule has 15 heavy (non-hydrogen) atoms. The average Bonchev–Trinajstić information content (AvgIpc) is 2.18. The SMILES string of the molecule is CCNC(C)Cc1cc(C)ccc1OC. The molecule has 1 N–H and O–H groups in total. The van der Waals surface area contributed by atoms with Crippen LogP contribution in [-0.2, 0) is 6.42 Å². The molecule has 0 saturated heterocycles. The van der Waals surface area contributed by atoms with Crippen molar-refractivity contribution in [2.45, 2.75) is 33.2 Å². The van der Waals surface area contributed by atoms with Crippen molar-refractivity contribution < 1.29 is 4.74 Å². The van der Waals surface area contributed by atoms with Crippen LogP contribution in [-0.4, -0.2) is 19.7 Å². The van der Waals surface area contributed by atoms with Gasteiger partial charge in [-0.15, -0.1) is 0 Å². The number of likely N-dealkylation sites (N-methyl/N-ethyl adjacent to an activating group) is 1. The first-order chi connectivity index (χ1) is 7.17. The Labute approximate surface area is 92.6 Å². The standard InChI is InChI=1S/C13H21NO/c1-5-14-11(3)9-12-8-10(2)6-7-13(12)15-4/h6-8,11,14H,5,9H2,1-4H3. The second-order valence-corrected chi connectivity index (χ2v) is 3.98. The zero-order chi connectivity index (χ0) is 11.3. The fourth-order valence-electron chi connectivity index (χ4n) is 1.82. The van der Waals surface area contributed by atoms with E-state index in [0.29, 0.717) is 6.04 Å². The molecule has 0 radical (unpaired) electrons. The van der Waals surface area contributed by atoms with Crippen molar-refractivity contribution in [1.82, 2.24) is 5.32 Å². The van der Waals surface area contributed by atoms with Gasteiger partial charge in [-0.2, -0.15) is 0 Å². The maximum atomic E-state index is 5.35. The van der Waals surface area contributed by atoms with Crippen LogP contribution < -0.4 is 10.1 Å². The zero-order valence-electron chi connectivity index (χ0n) is 10.1. The number of hydrogen-bond donors (Lipinski definition) is 1. The quantitative estimate of drug-likeness (QED) is 0.801. The highest BCUT2D eigenvalue weighted by Gasteiger charge is 2.07. The maximum Gasteiger partial charge on any atom is 0.122 e. The van der Waals surface area contributed by atoms with Gasteiger partial charge in [-0.1, -0.05) is 24.6 Å². The molecule has 0 amide bonds. The Morgan fingerprint density at radius 3 is 2.73 bits per heavy atom. The molecule has 0 heterocycles. The Balaban J connectivity index is 2.77. The van der Waals surface area contributed by atoms with Crippen molar-refractivity contribution in [2.75, 3.05) is 13.7 Å². The van der Waals surface area contributed by atoms with E-state index >= 15 is 0 Å². The number of ether oxygens (including phenoxy) is 1. The second kappa shape index (κ2) is 5.76. The molecule has 1 aromatic carbocycles. The van der Waals surface area contributed by atoms with Gasteiger partial charge < -0.3 is 10.1 Å². The fourth-order valence-corrected chi connectivity index (χ4v) is 1.82. The van der Waals surface area contributed by atoms with Crippen LogP contribution in [0.5, 0.6) is 5.75 Å². The van der Waals surface area contributed by atoms with E-state index in [1.807, 2.05) is 6.07 Å². The van der Waals surface area contributed by atoms with Gasteiger partial charge in [0.05, 0.1) is 7.11 Å². The Morgan fingerprint density at radius 2 is 2.13 bits per heavy atom. The van der Waals surface area contributed by atoms with Gasteiger partial charge >= 0.3 is 0 Å². The van der Waals surface area contributed by atoms with Gasteiger partial charge in [0.1, 0.15) is 5.75 Å². The van der Waals surface area contributed by atoms with Crippen LogP contribution in [0.4, 0.5) is 0 Å². The summed E-state index contributed by atoms with van der Waals surface area (Å²) in [6.07, 6.45) is 1.01. The topological polar surface area (TPSA) is 21.3 Å². The predicted molar refractivity (Wildman–Crippen MR) is 64.6 cm³/mol. The van der Waals surface area contributed by atoms with Crippen molar-refractivity contribution in [1.29, 1.82) is 0 Å². The van der Waals surface area contributed by atoms with Gasteiger partial charge in [-0.3, -0.25) is 0 Å². The molecule has 1 atom stereocenters. The maximum absolute atomic E-state index is 5.35. The molecule has 2 nitrogen and oxygen atoms in total. The molecular formula is C13H21NO. The van der Waals surface area contributed by atoms with Crippen molar-refractivity contribution in [3.05, 3.63) is 29.3 Å². The summed E-state index contributed by atoms with van der Waals surface area (Å²) < 4.78 is 5.35. The van der Waals surface area contributed by atoms with E-state index < -0.39 is 0 Å². The molecule has 0 fully saturated rings. The van der Waals surface area contributed by atoms with E-state index in [1.165, 1.54) is 11.1 Å². The Kier molecular flexibility index (Phi) is 4.63. The van der Waals surface area contributed by atoms with Crippen LogP contribution in [0, 0.1) is 6.92 Å². The molecule has 0 aliphatic heterocycles. The smallest absolute Gasteiger partial charge is 0.122 e. The monoisotopic (exact) mass is 207 g/mol. The first-order valence-electron chi connectivity index (χ1n) is 5.54. The van der Waals surface area contributed by atoms with Crippen molar-refractivity contribution in [3.8, 4) is 5.75 Å². The van der Waals surface area contributed by atoms with E-state index in [0.717, 1.165) is 18.7 Å². The number of rotatable bonds is 5. The molecule has 84 valence electrons. The lowest BCUT2D eigenvalue weighted by molar-refractivity contribution is 0.406. The number of aryl methyl sites for hydroxylation is 1. The zero-order valence-corrected chi connectivity index (χ0v) is 10.1. The largest absolute Gasteiger partial charge is 0.496 e. The molecule has 1 aromatic rings. The molecule has 0 aliphatic rings. The van der Waals surface area contributed by atoms with Gasteiger partial charge in [-0.25, -0.2) is 0 Å². The minimum absolute atomic E-state index is 0.491. The minimum Gasteiger partial charge on any atom is -0.496 e. The number of nitrogens with one attached hydrogen (secondary N) is 1. The molecule has 0 aromatic heterocycles. The third-order valence-corrected chi connectivity index (χ3v) is 2.51. The van der Waals surface area contributed by atoms with Gasteiger partial charge in [0.15, 0.2) is 0 Å². The summed E-state index contributed by atoms with van der Waals surface area (Å²) in [4.78, 5) is 0. The third-order valence-electron chi connectivity index (χ3n) is 2.51. The minimum atomic E-state index is 0.491. The van der Waals surface area contributed by atoms with E-state index in [4.69, 9.17) is 4.74 Å². The summed E-state index contributed by atoms with van der Waals surface area (Å²) in [5, 5.41) is 3.41. The highest BCUT2D eigenvalue weighted by atomic mass is 16.5. The van der Waals surface area contributed by atoms with Crippen molar-refractivity contribution in [3.63, 3.8) is 0 Å². The third kappa shape index (κ3) is 3.56. The summed E-state index contributed by atoms with van der Waals surface area (Å²) in [7, 11) is 1.73. The first-order valence-corrected chi connectivity index (χ1v) is 5.54. The summed E-state index contributed by atoms with van der Waals surface area (Å²) in [5.41, 5.74) is 2.57. The lowest BCUT2D eigenvalue weighted by Crippen LogP contribution is -2.27. The van der Waals surface area contributed by atoms with Crippen molar-refractivity contribution >= 4 is 0 Å². The number of hydrogen-bond acceptors (Lipinski definition) is 2. The lowest BCUT2D eigenvalue weighted by Gasteiger charge is -2.15. The van der Waals surface area contributed by atoms with Gasteiger partial charge in [-0.05, 0) is 38.4 Å². The predicted octanol–water partition coefficient (Wildman–Crippen LogP) is 2.54. The molecule has 0 aliphatic carbocycles. The number of benzene rings is 1. The molecule has 0 bridgehead atoms. The first kappa shape index (κ1) is 12.1. The summed E-state index contributed by atoms with van der Waals surface area (Å²) in [5.74, 6) is 0.991. The van der Waals surface area contributed by atoms with Crippen LogP contribution >= 0.6 is 0 Å². The summed E-state index contributed by atoms with van der Waals surface area (Å²) in [6, 6.07) is 6.82. The van der Waals surface area contributed by atoms with Gasteiger partial charge in [0.2, 0.25) is 0 Å². The highest BCUT2D eigenvalue weighted by molar-refractivity contribution is 5.37. The van der Waals surface area contributed by atoms with E-state index in [9.17, 15) is 0 Å². The molecule has 0 saturated carbocycles. The van der Waals surface area contributed by atoms with E-state index in [2.05, 4.69) is 38.2 Å². The highest BCUT2D eigenvalue weighted by Crippen LogP contribution is 2.20. The normalized spacial score (nSPS) is 12.5. The van der Waals surface area contributed by atoms with E-state index in [1.54, 1.807) is 7.11 Å². The average molecular weight is 207 g/mol. The lowest BCUT2D eigenvalue weighted by atomic mass is 10.0. The Hall–Kier alpha value is -1.02. The number of methoxy groups -OCH3 is 1. The summed E-state index contributed by atoms with van der Waals surface area (Å²) >= 11 is 0. The van der Waals surface area contributed by atoms with Crippen LogP contribution in [0.2, 0.25) is 0 Å².